The third-order valence-electron chi connectivity index (χ3n) is 3.32. The van der Waals surface area contributed by atoms with Gasteiger partial charge in [-0.15, -0.1) is 0 Å². The van der Waals surface area contributed by atoms with Crippen molar-refractivity contribution >= 4 is 52.1 Å². The molecule has 0 radical (unpaired) electrons. The number of hydrogen-bond acceptors (Lipinski definition) is 6. The molecule has 2 rings (SSSR count). The largest absolute Gasteiger partial charge is 0.451 e. The molecule has 2 aromatic carbocycles. The molecule has 2 amide bonds. The lowest BCUT2D eigenvalue weighted by Crippen LogP contribution is -2.19. The maximum absolute atomic E-state index is 12.0. The summed E-state index contributed by atoms with van der Waals surface area (Å²) in [4.78, 5) is 29.3. The molecule has 0 fully saturated rings. The SMILES string of the molecule is COCC(=O)Nc1cc(Sc2ccccc2)ccc1N/C(=N/C(=O)OC)SC. The molecule has 9 heteroatoms. The van der Waals surface area contributed by atoms with Gasteiger partial charge in [-0.05, 0) is 36.6 Å². The lowest BCUT2D eigenvalue weighted by molar-refractivity contribution is -0.119. The molecule has 0 saturated heterocycles. The summed E-state index contributed by atoms with van der Waals surface area (Å²) >= 11 is 2.82. The number of carbonyl (C=O) groups excluding carboxylic acids is 2. The van der Waals surface area contributed by atoms with Crippen LogP contribution in [0.15, 0.2) is 63.3 Å². The number of nitrogens with zero attached hydrogens (tertiary/aromatic N) is 1. The van der Waals surface area contributed by atoms with Crippen LogP contribution in [0.25, 0.3) is 0 Å². The fourth-order valence-electron chi connectivity index (χ4n) is 2.11. The highest BCUT2D eigenvalue weighted by Gasteiger charge is 2.12. The van der Waals surface area contributed by atoms with E-state index >= 15 is 0 Å². The lowest BCUT2D eigenvalue weighted by Gasteiger charge is -2.15. The van der Waals surface area contributed by atoms with Gasteiger partial charge in [0.1, 0.15) is 6.61 Å². The van der Waals surface area contributed by atoms with Crippen molar-refractivity contribution in [3.8, 4) is 0 Å². The molecule has 2 aromatic rings. The van der Waals surface area contributed by atoms with Crippen molar-refractivity contribution in [2.24, 2.45) is 4.99 Å². The molecule has 0 unspecified atom stereocenters. The zero-order valence-electron chi connectivity index (χ0n) is 15.7. The van der Waals surface area contributed by atoms with E-state index < -0.39 is 6.09 Å². The van der Waals surface area contributed by atoms with Crippen LogP contribution in [0.5, 0.6) is 0 Å². The molecule has 0 bridgehead atoms. The predicted octanol–water partition coefficient (Wildman–Crippen LogP) is 4.32. The number of carbonyl (C=O) groups is 2. The molecule has 0 atom stereocenters. The number of aliphatic imine (C=N–C) groups is 1. The van der Waals surface area contributed by atoms with Crippen LogP contribution in [0.4, 0.5) is 16.2 Å². The monoisotopic (exact) mass is 419 g/mol. The Labute approximate surface area is 172 Å². The third-order valence-corrected chi connectivity index (χ3v) is 4.90. The van der Waals surface area contributed by atoms with Crippen molar-refractivity contribution in [3.63, 3.8) is 0 Å². The highest BCUT2D eigenvalue weighted by atomic mass is 32.2. The Morgan fingerprint density at radius 1 is 1.00 bits per heavy atom. The first kappa shape index (κ1) is 21.8. The van der Waals surface area contributed by atoms with Crippen LogP contribution in [0.2, 0.25) is 0 Å². The summed E-state index contributed by atoms with van der Waals surface area (Å²) < 4.78 is 9.45. The molecule has 0 heterocycles. The standard InChI is InChI=1S/C19H21N3O4S2/c1-25-12-17(23)20-16-11-14(28-13-7-5-4-6-8-13)9-10-15(16)21-18(27-3)22-19(24)26-2/h4-11H,12H2,1-3H3,(H,20,23)(H,21,22,24). The molecule has 0 aromatic heterocycles. The topological polar surface area (TPSA) is 89.0 Å². The first-order chi connectivity index (χ1) is 13.5. The Hall–Kier alpha value is -2.49. The Morgan fingerprint density at radius 3 is 2.39 bits per heavy atom. The number of amidine groups is 1. The van der Waals surface area contributed by atoms with Crippen molar-refractivity contribution in [1.29, 1.82) is 0 Å². The van der Waals surface area contributed by atoms with E-state index in [0.717, 1.165) is 9.79 Å². The second-order valence-corrected chi connectivity index (χ2v) is 7.26. The average Bonchev–Trinajstić information content (AvgIpc) is 2.70. The Morgan fingerprint density at radius 2 is 1.75 bits per heavy atom. The number of thioether (sulfide) groups is 1. The smallest absolute Gasteiger partial charge is 0.435 e. The maximum atomic E-state index is 12.0. The molecule has 0 saturated carbocycles. The van der Waals surface area contributed by atoms with E-state index in [4.69, 9.17) is 4.74 Å². The molecule has 7 nitrogen and oxygen atoms in total. The van der Waals surface area contributed by atoms with Crippen molar-refractivity contribution in [1.82, 2.24) is 0 Å². The second-order valence-electron chi connectivity index (χ2n) is 5.32. The van der Waals surface area contributed by atoms with Crippen molar-refractivity contribution in [2.45, 2.75) is 9.79 Å². The van der Waals surface area contributed by atoms with Gasteiger partial charge in [0, 0.05) is 16.9 Å². The van der Waals surface area contributed by atoms with Crippen LogP contribution in [0.1, 0.15) is 0 Å². The van der Waals surface area contributed by atoms with E-state index in [1.807, 2.05) is 48.5 Å². The van der Waals surface area contributed by atoms with Gasteiger partial charge >= 0.3 is 6.09 Å². The van der Waals surface area contributed by atoms with Gasteiger partial charge in [0.2, 0.25) is 5.91 Å². The summed E-state index contributed by atoms with van der Waals surface area (Å²) in [6.45, 7) is -0.0683. The number of methoxy groups -OCH3 is 2. The first-order valence-corrected chi connectivity index (χ1v) is 10.2. The van der Waals surface area contributed by atoms with Gasteiger partial charge in [-0.25, -0.2) is 4.79 Å². The number of amides is 2. The minimum atomic E-state index is -0.710. The molecule has 0 spiro atoms. The van der Waals surface area contributed by atoms with Crippen molar-refractivity contribution < 1.29 is 19.1 Å². The van der Waals surface area contributed by atoms with Gasteiger partial charge < -0.3 is 20.1 Å². The zero-order valence-corrected chi connectivity index (χ0v) is 17.4. The lowest BCUT2D eigenvalue weighted by atomic mass is 10.2. The summed E-state index contributed by atoms with van der Waals surface area (Å²) in [6.07, 6.45) is 1.07. The van der Waals surface area contributed by atoms with Crippen molar-refractivity contribution in [3.05, 3.63) is 48.5 Å². The zero-order chi connectivity index (χ0) is 20.4. The minimum absolute atomic E-state index is 0.0683. The van der Waals surface area contributed by atoms with Crippen LogP contribution in [-0.4, -0.2) is 44.3 Å². The van der Waals surface area contributed by atoms with Crippen molar-refractivity contribution in [2.75, 3.05) is 37.7 Å². The number of benzene rings is 2. The van der Waals surface area contributed by atoms with Gasteiger partial charge in [0.15, 0.2) is 5.17 Å². The number of anilines is 2. The Balaban J connectivity index is 2.30. The van der Waals surface area contributed by atoms with Gasteiger partial charge in [-0.3, -0.25) is 4.79 Å². The number of hydrogen-bond donors (Lipinski definition) is 2. The second kappa shape index (κ2) is 11.4. The van der Waals surface area contributed by atoms with E-state index in [-0.39, 0.29) is 12.5 Å². The molecular formula is C19H21N3O4S2. The fourth-order valence-corrected chi connectivity index (χ4v) is 3.37. The molecule has 0 aliphatic rings. The third kappa shape index (κ3) is 6.91. The van der Waals surface area contributed by atoms with E-state index in [2.05, 4.69) is 20.4 Å². The highest BCUT2D eigenvalue weighted by molar-refractivity contribution is 8.13. The highest BCUT2D eigenvalue weighted by Crippen LogP contribution is 2.33. The molecular weight excluding hydrogens is 398 g/mol. The maximum Gasteiger partial charge on any atom is 0.435 e. The van der Waals surface area contributed by atoms with Crippen LogP contribution in [0.3, 0.4) is 0 Å². The number of ether oxygens (including phenoxy) is 2. The Bertz CT molecular complexity index is 844. The van der Waals surface area contributed by atoms with E-state index in [1.165, 1.54) is 26.0 Å². The van der Waals surface area contributed by atoms with Crippen LogP contribution < -0.4 is 10.6 Å². The molecule has 0 aliphatic carbocycles. The fraction of sp³-hybridized carbons (Fsp3) is 0.211. The van der Waals surface area contributed by atoms with E-state index in [1.54, 1.807) is 18.0 Å². The summed E-state index contributed by atoms with van der Waals surface area (Å²) in [5.41, 5.74) is 1.15. The molecule has 28 heavy (non-hydrogen) atoms. The van der Waals surface area contributed by atoms with Crippen LogP contribution in [-0.2, 0) is 14.3 Å². The van der Waals surface area contributed by atoms with Gasteiger partial charge in [0.05, 0.1) is 18.5 Å². The summed E-state index contributed by atoms with van der Waals surface area (Å²) in [6, 6.07) is 15.5. The first-order valence-electron chi connectivity index (χ1n) is 8.19. The summed E-state index contributed by atoms with van der Waals surface area (Å²) in [5, 5.41) is 6.21. The van der Waals surface area contributed by atoms with Crippen LogP contribution >= 0.6 is 23.5 Å². The van der Waals surface area contributed by atoms with Gasteiger partial charge in [-0.1, -0.05) is 41.7 Å². The normalized spacial score (nSPS) is 11.0. The summed E-state index contributed by atoms with van der Waals surface area (Å²) in [5.74, 6) is -0.289. The quantitative estimate of drug-likeness (QED) is 0.532. The number of rotatable bonds is 6. The molecule has 2 N–H and O–H groups in total. The predicted molar refractivity (Wildman–Crippen MR) is 114 cm³/mol. The van der Waals surface area contributed by atoms with E-state index in [9.17, 15) is 9.59 Å². The number of nitrogens with one attached hydrogen (secondary N) is 2. The Kier molecular flexibility index (Phi) is 8.86. The molecule has 148 valence electrons. The molecule has 0 aliphatic heterocycles. The van der Waals surface area contributed by atoms with Gasteiger partial charge in [0.25, 0.3) is 0 Å². The van der Waals surface area contributed by atoms with Gasteiger partial charge in [-0.2, -0.15) is 4.99 Å². The van der Waals surface area contributed by atoms with E-state index in [0.29, 0.717) is 16.5 Å². The van der Waals surface area contributed by atoms with Crippen LogP contribution in [0, 0.1) is 0 Å². The average molecular weight is 420 g/mol. The minimum Gasteiger partial charge on any atom is -0.451 e. The summed E-state index contributed by atoms with van der Waals surface area (Å²) in [7, 11) is 2.71.